The molecule has 2 aromatic carbocycles. The lowest BCUT2D eigenvalue weighted by atomic mass is 9.93. The van der Waals surface area contributed by atoms with Crippen LogP contribution in [0.3, 0.4) is 0 Å². The molecule has 35 heavy (non-hydrogen) atoms. The molecule has 0 aliphatic carbocycles. The Morgan fingerprint density at radius 1 is 0.914 bits per heavy atom. The maximum absolute atomic E-state index is 12.5. The van der Waals surface area contributed by atoms with Gasteiger partial charge in [-0.3, -0.25) is 4.90 Å². The van der Waals surface area contributed by atoms with Gasteiger partial charge in [-0.25, -0.2) is 4.79 Å². The van der Waals surface area contributed by atoms with Crippen molar-refractivity contribution in [1.29, 1.82) is 0 Å². The summed E-state index contributed by atoms with van der Waals surface area (Å²) < 4.78 is 47.0. The number of carbonyl (C=O) groups excluding carboxylic acids is 1. The fourth-order valence-corrected chi connectivity index (χ4v) is 4.70. The summed E-state index contributed by atoms with van der Waals surface area (Å²) in [6.45, 7) is 5.47. The van der Waals surface area contributed by atoms with Crippen LogP contribution in [0.2, 0.25) is 0 Å². The molecule has 0 aromatic heterocycles. The van der Waals surface area contributed by atoms with Gasteiger partial charge in [-0.2, -0.15) is 0 Å². The maximum Gasteiger partial charge on any atom is 0.573 e. The number of hydrogen-bond donors (Lipinski definition) is 0. The van der Waals surface area contributed by atoms with Crippen LogP contribution in [0.5, 0.6) is 5.75 Å². The topological polar surface area (TPSA) is 45.2 Å². The van der Waals surface area contributed by atoms with Crippen molar-refractivity contribution in [3.05, 3.63) is 60.2 Å². The number of carbonyl (C=O) groups is 1. The third kappa shape index (κ3) is 7.78. The molecular weight excluding hydrogens is 459 g/mol. The Morgan fingerprint density at radius 3 is 2.31 bits per heavy atom. The summed E-state index contributed by atoms with van der Waals surface area (Å²) in [7, 11) is 0. The van der Waals surface area contributed by atoms with E-state index in [1.54, 1.807) is 11.0 Å². The van der Waals surface area contributed by atoms with Crippen molar-refractivity contribution in [3.8, 4) is 5.75 Å². The van der Waals surface area contributed by atoms with Gasteiger partial charge in [0.05, 0.1) is 6.61 Å². The van der Waals surface area contributed by atoms with Gasteiger partial charge in [0.1, 0.15) is 5.75 Å². The average Bonchev–Trinajstić information content (AvgIpc) is 2.85. The second-order valence-electron chi connectivity index (χ2n) is 9.13. The number of nitrogens with zero attached hydrogens (tertiary/aromatic N) is 3. The predicted molar refractivity (Wildman–Crippen MR) is 127 cm³/mol. The van der Waals surface area contributed by atoms with Crippen molar-refractivity contribution < 1.29 is 27.4 Å². The van der Waals surface area contributed by atoms with Crippen LogP contribution in [0, 0.1) is 5.92 Å². The lowest BCUT2D eigenvalue weighted by molar-refractivity contribution is -0.274. The van der Waals surface area contributed by atoms with Gasteiger partial charge in [-0.15, -0.1) is 13.2 Å². The Labute approximate surface area is 204 Å². The predicted octanol–water partition coefficient (Wildman–Crippen LogP) is 5.15. The van der Waals surface area contributed by atoms with E-state index in [0.29, 0.717) is 44.4 Å². The van der Waals surface area contributed by atoms with Crippen LogP contribution in [-0.2, 0) is 11.3 Å². The monoisotopic (exact) mass is 491 g/mol. The van der Waals surface area contributed by atoms with Gasteiger partial charge in [-0.05, 0) is 56.0 Å². The molecule has 4 rings (SSSR count). The molecule has 2 fully saturated rings. The molecule has 0 bridgehead atoms. The summed E-state index contributed by atoms with van der Waals surface area (Å²) in [4.78, 5) is 18.6. The van der Waals surface area contributed by atoms with Gasteiger partial charge in [0.25, 0.3) is 0 Å². The number of ether oxygens (including phenoxy) is 2. The Bertz CT molecular complexity index is 942. The van der Waals surface area contributed by atoms with Crippen LogP contribution in [0.25, 0.3) is 0 Å². The van der Waals surface area contributed by atoms with Crippen LogP contribution >= 0.6 is 0 Å². The fourth-order valence-electron chi connectivity index (χ4n) is 4.70. The molecule has 0 N–H and O–H groups in total. The molecule has 2 aromatic rings. The molecule has 1 amide bonds. The minimum Gasteiger partial charge on any atom is -0.449 e. The van der Waals surface area contributed by atoms with Gasteiger partial charge < -0.3 is 19.3 Å². The second kappa shape index (κ2) is 11.7. The first kappa shape index (κ1) is 25.2. The van der Waals surface area contributed by atoms with Crippen molar-refractivity contribution in [2.75, 3.05) is 50.8 Å². The van der Waals surface area contributed by atoms with E-state index >= 15 is 0 Å². The zero-order valence-corrected chi connectivity index (χ0v) is 19.8. The fraction of sp³-hybridized carbons (Fsp3) is 0.500. The van der Waals surface area contributed by atoms with E-state index in [0.717, 1.165) is 38.9 Å². The van der Waals surface area contributed by atoms with Gasteiger partial charge in [0.2, 0.25) is 0 Å². The van der Waals surface area contributed by atoms with E-state index < -0.39 is 6.36 Å². The lowest BCUT2D eigenvalue weighted by Crippen LogP contribution is -2.49. The van der Waals surface area contributed by atoms with Crippen molar-refractivity contribution in [2.45, 2.75) is 32.2 Å². The highest BCUT2D eigenvalue weighted by Crippen LogP contribution is 2.27. The number of piperidine rings is 1. The van der Waals surface area contributed by atoms with Crippen LogP contribution in [-0.4, -0.2) is 68.1 Å². The largest absolute Gasteiger partial charge is 0.573 e. The Kier molecular flexibility index (Phi) is 8.38. The van der Waals surface area contributed by atoms with E-state index in [2.05, 4.69) is 33.9 Å². The van der Waals surface area contributed by atoms with Crippen LogP contribution in [0.4, 0.5) is 23.7 Å². The standard InChI is InChI=1S/C26H32F3N3O3/c27-26(28,29)35-24-8-4-7-23(19-24)31-14-16-32(17-15-31)25(33)34-18-11-21-9-12-30(13-10-21)20-22-5-2-1-3-6-22/h1-8,19,21H,9-18,20H2. The molecule has 2 aliphatic heterocycles. The number of benzene rings is 2. The van der Waals surface area contributed by atoms with E-state index in [1.165, 1.54) is 23.8 Å². The van der Waals surface area contributed by atoms with Gasteiger partial charge in [0.15, 0.2) is 0 Å². The molecule has 2 heterocycles. The highest BCUT2D eigenvalue weighted by atomic mass is 19.4. The summed E-state index contributed by atoms with van der Waals surface area (Å²) in [5.41, 5.74) is 1.97. The number of hydrogen-bond acceptors (Lipinski definition) is 5. The molecule has 2 saturated heterocycles. The van der Waals surface area contributed by atoms with E-state index in [-0.39, 0.29) is 11.8 Å². The SMILES string of the molecule is O=C(OCCC1CCN(Cc2ccccc2)CC1)N1CCN(c2cccc(OC(F)(F)F)c2)CC1. The van der Waals surface area contributed by atoms with Gasteiger partial charge >= 0.3 is 12.5 Å². The zero-order chi connectivity index (χ0) is 24.7. The number of halogens is 3. The third-order valence-electron chi connectivity index (χ3n) is 6.66. The van der Waals surface area contributed by atoms with Crippen molar-refractivity contribution in [1.82, 2.24) is 9.80 Å². The molecule has 0 atom stereocenters. The minimum absolute atomic E-state index is 0.247. The first-order valence-electron chi connectivity index (χ1n) is 12.1. The highest BCUT2D eigenvalue weighted by Gasteiger charge is 2.31. The average molecular weight is 492 g/mol. The number of amides is 1. The van der Waals surface area contributed by atoms with Crippen molar-refractivity contribution in [3.63, 3.8) is 0 Å². The summed E-state index contributed by atoms with van der Waals surface area (Å²) >= 11 is 0. The number of alkyl halides is 3. The summed E-state index contributed by atoms with van der Waals surface area (Å²) in [6, 6.07) is 16.4. The van der Waals surface area contributed by atoms with E-state index in [4.69, 9.17) is 4.74 Å². The van der Waals surface area contributed by atoms with Crippen LogP contribution in [0.1, 0.15) is 24.8 Å². The number of rotatable bonds is 7. The lowest BCUT2D eigenvalue weighted by Gasteiger charge is -2.36. The first-order chi connectivity index (χ1) is 16.9. The molecule has 9 heteroatoms. The second-order valence-corrected chi connectivity index (χ2v) is 9.13. The summed E-state index contributed by atoms with van der Waals surface area (Å²) in [5, 5.41) is 0. The van der Waals surface area contributed by atoms with E-state index in [1.807, 2.05) is 11.0 Å². The highest BCUT2D eigenvalue weighted by molar-refractivity contribution is 5.68. The number of piperazine rings is 1. The molecule has 0 radical (unpaired) electrons. The van der Waals surface area contributed by atoms with Crippen molar-refractivity contribution >= 4 is 11.8 Å². The van der Waals surface area contributed by atoms with E-state index in [9.17, 15) is 18.0 Å². The van der Waals surface area contributed by atoms with Crippen LogP contribution < -0.4 is 9.64 Å². The normalized spacial score (nSPS) is 17.9. The van der Waals surface area contributed by atoms with Gasteiger partial charge in [0, 0.05) is 44.5 Å². The van der Waals surface area contributed by atoms with Gasteiger partial charge in [-0.1, -0.05) is 36.4 Å². The third-order valence-corrected chi connectivity index (χ3v) is 6.66. The molecule has 0 saturated carbocycles. The number of anilines is 1. The molecule has 0 spiro atoms. The quantitative estimate of drug-likeness (QED) is 0.536. The summed E-state index contributed by atoms with van der Waals surface area (Å²) in [5.74, 6) is 0.320. The van der Waals surface area contributed by atoms with Crippen molar-refractivity contribution in [2.24, 2.45) is 5.92 Å². The Balaban J connectivity index is 1.13. The molecule has 6 nitrogen and oxygen atoms in total. The maximum atomic E-state index is 12.5. The van der Waals surface area contributed by atoms with Crippen LogP contribution in [0.15, 0.2) is 54.6 Å². The Hall–Kier alpha value is -2.94. The molecule has 0 unspecified atom stereocenters. The molecular formula is C26H32F3N3O3. The zero-order valence-electron chi connectivity index (χ0n) is 19.8. The molecule has 2 aliphatic rings. The molecule has 190 valence electrons. The smallest absolute Gasteiger partial charge is 0.449 e. The first-order valence-corrected chi connectivity index (χ1v) is 12.1. The Morgan fingerprint density at radius 2 is 1.63 bits per heavy atom. The minimum atomic E-state index is -4.72. The number of likely N-dealkylation sites (tertiary alicyclic amines) is 1. The summed E-state index contributed by atoms with van der Waals surface area (Å²) in [6.07, 6.45) is -1.95.